The van der Waals surface area contributed by atoms with Crippen molar-refractivity contribution in [3.63, 3.8) is 0 Å². The van der Waals surface area contributed by atoms with Gasteiger partial charge in [0.1, 0.15) is 0 Å². The average molecular weight is 329 g/mol. The quantitative estimate of drug-likeness (QED) is 0.840. The number of nitrogens with two attached hydrogens (primary N) is 1. The minimum absolute atomic E-state index is 0.0641. The molecule has 0 aromatic heterocycles. The minimum atomic E-state index is -4.17. The summed E-state index contributed by atoms with van der Waals surface area (Å²) in [7, 11) is 0. The molecule has 23 heavy (non-hydrogen) atoms. The number of nitrogens with zero attached hydrogens (tertiary/aromatic N) is 1. The Labute approximate surface area is 133 Å². The Balaban J connectivity index is 1.69. The van der Waals surface area contributed by atoms with Crippen molar-refractivity contribution < 1.29 is 18.0 Å². The maximum absolute atomic E-state index is 12.3. The van der Waals surface area contributed by atoms with E-state index in [-0.39, 0.29) is 24.3 Å². The highest BCUT2D eigenvalue weighted by molar-refractivity contribution is 5.76. The van der Waals surface area contributed by atoms with Crippen LogP contribution < -0.4 is 11.1 Å². The van der Waals surface area contributed by atoms with Crippen molar-refractivity contribution in [2.75, 3.05) is 26.2 Å². The SMILES string of the molecule is NC(CC(=O)NCC1CCN(CC(F)(F)F)C1)c1ccccc1. The van der Waals surface area contributed by atoms with E-state index in [1.807, 2.05) is 30.3 Å². The first-order valence-electron chi connectivity index (χ1n) is 7.70. The Kier molecular flexibility index (Phi) is 6.01. The number of rotatable bonds is 6. The molecule has 1 aromatic rings. The lowest BCUT2D eigenvalue weighted by Gasteiger charge is -2.18. The monoisotopic (exact) mass is 329 g/mol. The molecule has 4 nitrogen and oxygen atoms in total. The zero-order valence-electron chi connectivity index (χ0n) is 12.9. The molecule has 1 heterocycles. The Morgan fingerprint density at radius 1 is 1.35 bits per heavy atom. The van der Waals surface area contributed by atoms with Gasteiger partial charge in [-0.3, -0.25) is 9.69 Å². The van der Waals surface area contributed by atoms with Crippen LogP contribution in [0.3, 0.4) is 0 Å². The number of hydrogen-bond acceptors (Lipinski definition) is 3. The standard InChI is InChI=1S/C16H22F3N3O/c17-16(18,19)11-22-7-6-12(10-22)9-21-15(23)8-14(20)13-4-2-1-3-5-13/h1-5,12,14H,6-11,20H2,(H,21,23). The topological polar surface area (TPSA) is 58.4 Å². The first kappa shape index (κ1) is 17.7. The molecule has 1 saturated heterocycles. The summed E-state index contributed by atoms with van der Waals surface area (Å²) in [5.41, 5.74) is 6.87. The van der Waals surface area contributed by atoms with Gasteiger partial charge in [-0.2, -0.15) is 13.2 Å². The van der Waals surface area contributed by atoms with Gasteiger partial charge in [0.25, 0.3) is 0 Å². The van der Waals surface area contributed by atoms with Gasteiger partial charge in [-0.25, -0.2) is 0 Å². The first-order valence-corrected chi connectivity index (χ1v) is 7.70. The third-order valence-corrected chi connectivity index (χ3v) is 3.99. The van der Waals surface area contributed by atoms with E-state index < -0.39 is 12.7 Å². The Hall–Kier alpha value is -1.60. The molecule has 0 radical (unpaired) electrons. The molecule has 1 amide bonds. The van der Waals surface area contributed by atoms with Gasteiger partial charge in [0.15, 0.2) is 0 Å². The first-order chi connectivity index (χ1) is 10.8. The molecule has 2 rings (SSSR count). The summed E-state index contributed by atoms with van der Waals surface area (Å²) in [6, 6.07) is 8.96. The van der Waals surface area contributed by atoms with Gasteiger partial charge in [0.2, 0.25) is 5.91 Å². The lowest BCUT2D eigenvalue weighted by atomic mass is 10.0. The van der Waals surface area contributed by atoms with Crippen molar-refractivity contribution in [1.29, 1.82) is 0 Å². The van der Waals surface area contributed by atoms with Crippen LogP contribution in [0.25, 0.3) is 0 Å². The van der Waals surface area contributed by atoms with Crippen LogP contribution in [-0.2, 0) is 4.79 Å². The van der Waals surface area contributed by atoms with E-state index in [0.717, 1.165) is 5.56 Å². The molecule has 7 heteroatoms. The summed E-state index contributed by atoms with van der Waals surface area (Å²) < 4.78 is 37.0. The van der Waals surface area contributed by atoms with E-state index in [1.54, 1.807) is 0 Å². The van der Waals surface area contributed by atoms with E-state index >= 15 is 0 Å². The fourth-order valence-electron chi connectivity index (χ4n) is 2.82. The molecule has 128 valence electrons. The number of amides is 1. The smallest absolute Gasteiger partial charge is 0.356 e. The van der Waals surface area contributed by atoms with Crippen LogP contribution in [0.15, 0.2) is 30.3 Å². The largest absolute Gasteiger partial charge is 0.401 e. The van der Waals surface area contributed by atoms with Crippen LogP contribution in [0.4, 0.5) is 13.2 Å². The summed E-state index contributed by atoms with van der Waals surface area (Å²) in [5, 5.41) is 2.78. The molecular weight excluding hydrogens is 307 g/mol. The Morgan fingerprint density at radius 3 is 2.70 bits per heavy atom. The summed E-state index contributed by atoms with van der Waals surface area (Å²) in [6.45, 7) is 0.305. The summed E-state index contributed by atoms with van der Waals surface area (Å²) in [5.74, 6) is -0.107. The Morgan fingerprint density at radius 2 is 2.04 bits per heavy atom. The molecule has 0 spiro atoms. The van der Waals surface area contributed by atoms with Crippen LogP contribution in [0.5, 0.6) is 0 Å². The second-order valence-electron chi connectivity index (χ2n) is 6.03. The van der Waals surface area contributed by atoms with Crippen molar-refractivity contribution in [2.24, 2.45) is 11.7 Å². The van der Waals surface area contributed by atoms with Gasteiger partial charge >= 0.3 is 6.18 Å². The normalized spacial score (nSPS) is 20.4. The lowest BCUT2D eigenvalue weighted by Crippen LogP contribution is -2.35. The van der Waals surface area contributed by atoms with E-state index in [2.05, 4.69) is 5.32 Å². The van der Waals surface area contributed by atoms with Crippen molar-refractivity contribution in [3.8, 4) is 0 Å². The van der Waals surface area contributed by atoms with Crippen molar-refractivity contribution in [3.05, 3.63) is 35.9 Å². The average Bonchev–Trinajstić information content (AvgIpc) is 2.91. The van der Waals surface area contributed by atoms with Crippen LogP contribution in [-0.4, -0.2) is 43.2 Å². The molecule has 1 fully saturated rings. The molecule has 3 N–H and O–H groups in total. The number of halogens is 3. The van der Waals surface area contributed by atoms with Gasteiger partial charge < -0.3 is 11.1 Å². The van der Waals surface area contributed by atoms with Crippen LogP contribution in [0.1, 0.15) is 24.4 Å². The highest BCUT2D eigenvalue weighted by Crippen LogP contribution is 2.22. The fraction of sp³-hybridized carbons (Fsp3) is 0.562. The number of alkyl halides is 3. The number of likely N-dealkylation sites (tertiary alicyclic amines) is 1. The van der Waals surface area contributed by atoms with Gasteiger partial charge in [-0.15, -0.1) is 0 Å². The molecule has 1 aromatic carbocycles. The maximum atomic E-state index is 12.3. The van der Waals surface area contributed by atoms with Crippen LogP contribution in [0, 0.1) is 5.92 Å². The van der Waals surface area contributed by atoms with Gasteiger partial charge in [0.05, 0.1) is 6.54 Å². The van der Waals surface area contributed by atoms with Gasteiger partial charge in [0, 0.05) is 25.6 Å². The highest BCUT2D eigenvalue weighted by atomic mass is 19.4. The maximum Gasteiger partial charge on any atom is 0.401 e. The zero-order chi connectivity index (χ0) is 16.9. The minimum Gasteiger partial charge on any atom is -0.356 e. The molecule has 2 atom stereocenters. The van der Waals surface area contributed by atoms with Crippen molar-refractivity contribution >= 4 is 5.91 Å². The molecule has 2 unspecified atom stereocenters. The van der Waals surface area contributed by atoms with Gasteiger partial charge in [-0.1, -0.05) is 30.3 Å². The van der Waals surface area contributed by atoms with Crippen molar-refractivity contribution in [2.45, 2.75) is 25.1 Å². The fourth-order valence-corrected chi connectivity index (χ4v) is 2.82. The number of carbonyl (C=O) groups excluding carboxylic acids is 1. The van der Waals surface area contributed by atoms with E-state index in [1.165, 1.54) is 4.90 Å². The van der Waals surface area contributed by atoms with Crippen LogP contribution >= 0.6 is 0 Å². The highest BCUT2D eigenvalue weighted by Gasteiger charge is 2.34. The molecule has 1 aliphatic rings. The third-order valence-electron chi connectivity index (χ3n) is 3.99. The number of hydrogen-bond donors (Lipinski definition) is 2. The van der Waals surface area contributed by atoms with E-state index in [4.69, 9.17) is 5.73 Å². The lowest BCUT2D eigenvalue weighted by molar-refractivity contribution is -0.143. The number of carbonyl (C=O) groups is 1. The van der Waals surface area contributed by atoms with E-state index in [9.17, 15) is 18.0 Å². The third kappa shape index (κ3) is 6.19. The molecule has 1 aliphatic heterocycles. The summed E-state index contributed by atoms with van der Waals surface area (Å²) >= 11 is 0. The predicted octanol–water partition coefficient (Wildman–Crippen LogP) is 2.08. The Bertz CT molecular complexity index is 507. The molecule has 0 bridgehead atoms. The molecule has 0 saturated carbocycles. The summed E-state index contributed by atoms with van der Waals surface area (Å²) in [4.78, 5) is 13.3. The van der Waals surface area contributed by atoms with Gasteiger partial charge in [-0.05, 0) is 24.4 Å². The number of nitrogens with one attached hydrogen (secondary N) is 1. The van der Waals surface area contributed by atoms with E-state index in [0.29, 0.717) is 26.1 Å². The van der Waals surface area contributed by atoms with Crippen molar-refractivity contribution in [1.82, 2.24) is 10.2 Å². The predicted molar refractivity (Wildman–Crippen MR) is 81.6 cm³/mol. The molecular formula is C16H22F3N3O. The number of benzene rings is 1. The second kappa shape index (κ2) is 7.79. The summed E-state index contributed by atoms with van der Waals surface area (Å²) in [6.07, 6.45) is -3.33. The zero-order valence-corrected chi connectivity index (χ0v) is 12.9. The second-order valence-corrected chi connectivity index (χ2v) is 6.03. The molecule has 0 aliphatic carbocycles. The van der Waals surface area contributed by atoms with Crippen LogP contribution in [0.2, 0.25) is 0 Å².